The molecule has 0 saturated carbocycles. The summed E-state index contributed by atoms with van der Waals surface area (Å²) in [6, 6.07) is 7.44. The van der Waals surface area contributed by atoms with E-state index in [9.17, 15) is 4.79 Å². The number of aromatic nitrogens is 1. The number of carboxylic acid groups (broad SMARTS) is 1. The molecule has 82 valence electrons. The lowest BCUT2D eigenvalue weighted by Gasteiger charge is -2.03. The molecule has 2 rings (SSSR count). The van der Waals surface area contributed by atoms with Crippen LogP contribution in [0.5, 0.6) is 0 Å². The van der Waals surface area contributed by atoms with Crippen LogP contribution in [0.1, 0.15) is 26.6 Å². The maximum Gasteiger partial charge on any atom is 0.337 e. The molecule has 0 atom stereocenters. The van der Waals surface area contributed by atoms with Crippen molar-refractivity contribution in [1.29, 1.82) is 0 Å². The van der Waals surface area contributed by atoms with Crippen LogP contribution in [0.4, 0.5) is 0 Å². The fourth-order valence-corrected chi connectivity index (χ4v) is 2.25. The molecule has 0 amide bonds. The molecule has 0 fully saturated rings. The van der Waals surface area contributed by atoms with E-state index in [2.05, 4.69) is 4.98 Å². The summed E-state index contributed by atoms with van der Waals surface area (Å²) in [4.78, 5) is 16.3. The van der Waals surface area contributed by atoms with Crippen molar-refractivity contribution in [3.63, 3.8) is 0 Å². The van der Waals surface area contributed by atoms with Crippen molar-refractivity contribution in [2.45, 2.75) is 13.3 Å². The molecule has 0 unspecified atom stereocenters. The normalized spacial score (nSPS) is 10.3. The SMILES string of the molecule is Cc1nc(Cc2cccs2)ccc1C(=O)O. The Labute approximate surface area is 97.4 Å². The first-order valence-corrected chi connectivity index (χ1v) is 5.77. The molecule has 0 radical (unpaired) electrons. The summed E-state index contributed by atoms with van der Waals surface area (Å²) < 4.78 is 0. The van der Waals surface area contributed by atoms with Crippen LogP contribution in [0.15, 0.2) is 29.6 Å². The maximum absolute atomic E-state index is 10.8. The number of rotatable bonds is 3. The predicted molar refractivity (Wildman–Crippen MR) is 63.1 cm³/mol. The molecule has 0 aliphatic carbocycles. The van der Waals surface area contributed by atoms with Crippen LogP contribution in [0.3, 0.4) is 0 Å². The summed E-state index contributed by atoms with van der Waals surface area (Å²) >= 11 is 1.68. The van der Waals surface area contributed by atoms with E-state index < -0.39 is 5.97 Å². The van der Waals surface area contributed by atoms with Gasteiger partial charge in [0, 0.05) is 17.0 Å². The van der Waals surface area contributed by atoms with Crippen LogP contribution < -0.4 is 0 Å². The Morgan fingerprint density at radius 3 is 2.81 bits per heavy atom. The van der Waals surface area contributed by atoms with E-state index in [1.54, 1.807) is 30.4 Å². The monoisotopic (exact) mass is 233 g/mol. The summed E-state index contributed by atoms with van der Waals surface area (Å²) in [5.74, 6) is -0.923. The Kier molecular flexibility index (Phi) is 3.01. The molecule has 4 heteroatoms. The first-order chi connectivity index (χ1) is 7.66. The molecular weight excluding hydrogens is 222 g/mol. The third-order valence-electron chi connectivity index (χ3n) is 2.31. The average molecular weight is 233 g/mol. The number of aryl methyl sites for hydroxylation is 1. The van der Waals surface area contributed by atoms with Gasteiger partial charge in [-0.2, -0.15) is 0 Å². The zero-order chi connectivity index (χ0) is 11.5. The fourth-order valence-electron chi connectivity index (χ4n) is 1.53. The van der Waals surface area contributed by atoms with Gasteiger partial charge in [-0.15, -0.1) is 11.3 Å². The fraction of sp³-hybridized carbons (Fsp3) is 0.167. The van der Waals surface area contributed by atoms with Gasteiger partial charge in [-0.1, -0.05) is 6.07 Å². The van der Waals surface area contributed by atoms with Crippen LogP contribution in [0.2, 0.25) is 0 Å². The van der Waals surface area contributed by atoms with E-state index in [1.807, 2.05) is 17.5 Å². The van der Waals surface area contributed by atoms with Crippen LogP contribution >= 0.6 is 11.3 Å². The summed E-state index contributed by atoms with van der Waals surface area (Å²) in [6.45, 7) is 1.72. The molecule has 1 N–H and O–H groups in total. The van der Waals surface area contributed by atoms with Gasteiger partial charge >= 0.3 is 5.97 Å². The lowest BCUT2D eigenvalue weighted by molar-refractivity contribution is 0.0695. The molecule has 0 spiro atoms. The Bertz CT molecular complexity index is 506. The summed E-state index contributed by atoms with van der Waals surface area (Å²) in [6.07, 6.45) is 0.762. The second-order valence-electron chi connectivity index (χ2n) is 3.50. The number of aromatic carboxylic acids is 1. The molecule has 0 aliphatic rings. The molecule has 2 aromatic rings. The molecule has 2 aromatic heterocycles. The molecule has 16 heavy (non-hydrogen) atoms. The van der Waals surface area contributed by atoms with Gasteiger partial charge in [-0.3, -0.25) is 4.98 Å². The number of hydrogen-bond donors (Lipinski definition) is 1. The number of carboxylic acids is 1. The zero-order valence-corrected chi connectivity index (χ0v) is 9.62. The van der Waals surface area contributed by atoms with Gasteiger partial charge in [-0.05, 0) is 30.5 Å². The van der Waals surface area contributed by atoms with Crippen LogP contribution in [-0.4, -0.2) is 16.1 Å². The van der Waals surface area contributed by atoms with Gasteiger partial charge in [0.15, 0.2) is 0 Å². The van der Waals surface area contributed by atoms with Crippen molar-refractivity contribution in [2.24, 2.45) is 0 Å². The molecule has 0 bridgehead atoms. The second kappa shape index (κ2) is 4.45. The zero-order valence-electron chi connectivity index (χ0n) is 8.80. The van der Waals surface area contributed by atoms with E-state index in [0.717, 1.165) is 12.1 Å². The highest BCUT2D eigenvalue weighted by Gasteiger charge is 2.08. The Hall–Kier alpha value is -1.68. The lowest BCUT2D eigenvalue weighted by atomic mass is 10.1. The Balaban J connectivity index is 2.24. The van der Waals surface area contributed by atoms with Crippen LogP contribution in [0.25, 0.3) is 0 Å². The van der Waals surface area contributed by atoms with Crippen molar-refractivity contribution in [2.75, 3.05) is 0 Å². The van der Waals surface area contributed by atoms with Gasteiger partial charge in [0.1, 0.15) is 0 Å². The summed E-state index contributed by atoms with van der Waals surface area (Å²) in [5, 5.41) is 10.9. The van der Waals surface area contributed by atoms with Crippen molar-refractivity contribution >= 4 is 17.3 Å². The molecule has 0 saturated heterocycles. The minimum Gasteiger partial charge on any atom is -0.478 e. The van der Waals surface area contributed by atoms with Crippen LogP contribution in [-0.2, 0) is 6.42 Å². The highest BCUT2D eigenvalue weighted by Crippen LogP contribution is 2.15. The Morgan fingerprint density at radius 1 is 1.44 bits per heavy atom. The first-order valence-electron chi connectivity index (χ1n) is 4.89. The van der Waals surface area contributed by atoms with Crippen molar-refractivity contribution in [3.05, 3.63) is 51.5 Å². The minimum atomic E-state index is -0.923. The van der Waals surface area contributed by atoms with Crippen molar-refractivity contribution in [1.82, 2.24) is 4.98 Å². The average Bonchev–Trinajstić information content (AvgIpc) is 2.70. The number of thiophene rings is 1. The molecule has 3 nitrogen and oxygen atoms in total. The van der Waals surface area contributed by atoms with Crippen LogP contribution in [0, 0.1) is 6.92 Å². The number of nitrogens with zero attached hydrogens (tertiary/aromatic N) is 1. The summed E-state index contributed by atoms with van der Waals surface area (Å²) in [7, 11) is 0. The number of carbonyl (C=O) groups is 1. The molecule has 0 aromatic carbocycles. The lowest BCUT2D eigenvalue weighted by Crippen LogP contribution is -2.03. The largest absolute Gasteiger partial charge is 0.478 e. The van der Waals surface area contributed by atoms with E-state index in [4.69, 9.17) is 5.11 Å². The van der Waals surface area contributed by atoms with Crippen molar-refractivity contribution in [3.8, 4) is 0 Å². The highest BCUT2D eigenvalue weighted by atomic mass is 32.1. The predicted octanol–water partition coefficient (Wildman–Crippen LogP) is 2.74. The molecule has 2 heterocycles. The van der Waals surface area contributed by atoms with E-state index in [0.29, 0.717) is 5.69 Å². The minimum absolute atomic E-state index is 0.273. The quantitative estimate of drug-likeness (QED) is 0.886. The van der Waals surface area contributed by atoms with Gasteiger partial charge in [-0.25, -0.2) is 4.79 Å². The topological polar surface area (TPSA) is 50.2 Å². The van der Waals surface area contributed by atoms with Gasteiger partial charge < -0.3 is 5.11 Å². The molecule has 0 aliphatic heterocycles. The highest BCUT2D eigenvalue weighted by molar-refractivity contribution is 7.09. The third kappa shape index (κ3) is 2.28. The number of hydrogen-bond acceptors (Lipinski definition) is 3. The van der Waals surface area contributed by atoms with Gasteiger partial charge in [0.25, 0.3) is 0 Å². The number of pyridine rings is 1. The van der Waals surface area contributed by atoms with E-state index in [-0.39, 0.29) is 5.56 Å². The molecular formula is C12H11NO2S. The first kappa shape index (κ1) is 10.8. The third-order valence-corrected chi connectivity index (χ3v) is 3.19. The summed E-state index contributed by atoms with van der Waals surface area (Å²) in [5.41, 5.74) is 1.75. The van der Waals surface area contributed by atoms with E-state index >= 15 is 0 Å². The standard InChI is InChI=1S/C12H11NO2S/c1-8-11(12(14)15)5-4-9(13-8)7-10-3-2-6-16-10/h2-6H,7H2,1H3,(H,14,15). The van der Waals surface area contributed by atoms with E-state index in [1.165, 1.54) is 4.88 Å². The second-order valence-corrected chi connectivity index (χ2v) is 4.53. The van der Waals surface area contributed by atoms with Crippen molar-refractivity contribution < 1.29 is 9.90 Å². The van der Waals surface area contributed by atoms with Gasteiger partial charge in [0.2, 0.25) is 0 Å². The van der Waals surface area contributed by atoms with Gasteiger partial charge in [0.05, 0.1) is 11.3 Å². The maximum atomic E-state index is 10.8. The Morgan fingerprint density at radius 2 is 2.25 bits per heavy atom. The smallest absolute Gasteiger partial charge is 0.337 e.